The van der Waals surface area contributed by atoms with Gasteiger partial charge in [0.1, 0.15) is 5.75 Å². The van der Waals surface area contributed by atoms with Crippen LogP contribution >= 0.6 is 0 Å². The van der Waals surface area contributed by atoms with Gasteiger partial charge in [-0.15, -0.1) is 0 Å². The molecule has 3 atom stereocenters. The Morgan fingerprint density at radius 1 is 1.38 bits per heavy atom. The van der Waals surface area contributed by atoms with Gasteiger partial charge in [-0.3, -0.25) is 19.8 Å². The molecule has 1 aromatic rings. The van der Waals surface area contributed by atoms with Crippen LogP contribution in [0.25, 0.3) is 0 Å². The number of carbonyl (C=O) groups is 2. The normalized spacial score (nSPS) is 22.6. The van der Waals surface area contributed by atoms with Gasteiger partial charge in [0, 0.05) is 11.6 Å². The highest BCUT2D eigenvalue weighted by molar-refractivity contribution is 6.00. The first-order valence-electron chi connectivity index (χ1n) is 6.93. The number of ether oxygens (including phenoxy) is 1. The van der Waals surface area contributed by atoms with Crippen molar-refractivity contribution < 1.29 is 14.3 Å². The van der Waals surface area contributed by atoms with E-state index in [1.54, 1.807) is 14.0 Å². The Bertz CT molecular complexity index is 545. The molecule has 21 heavy (non-hydrogen) atoms. The van der Waals surface area contributed by atoms with Crippen molar-refractivity contribution in [3.63, 3.8) is 0 Å². The second-order valence-electron chi connectivity index (χ2n) is 5.31. The summed E-state index contributed by atoms with van der Waals surface area (Å²) in [5, 5.41) is 2.34. The van der Waals surface area contributed by atoms with Gasteiger partial charge in [-0.2, -0.15) is 0 Å². The van der Waals surface area contributed by atoms with Crippen molar-refractivity contribution in [2.24, 2.45) is 5.73 Å². The number of hydrogen-bond donors (Lipinski definition) is 2. The van der Waals surface area contributed by atoms with E-state index in [1.165, 1.54) is 0 Å². The first-order valence-corrected chi connectivity index (χ1v) is 6.93. The third-order valence-corrected chi connectivity index (χ3v) is 3.78. The van der Waals surface area contributed by atoms with Crippen LogP contribution in [0.4, 0.5) is 0 Å². The maximum absolute atomic E-state index is 11.9. The molecule has 1 saturated heterocycles. The van der Waals surface area contributed by atoms with E-state index in [0.717, 1.165) is 5.56 Å². The summed E-state index contributed by atoms with van der Waals surface area (Å²) < 4.78 is 5.39. The van der Waals surface area contributed by atoms with Crippen molar-refractivity contribution in [3.8, 4) is 5.75 Å². The summed E-state index contributed by atoms with van der Waals surface area (Å²) in [4.78, 5) is 25.4. The Morgan fingerprint density at radius 2 is 2.05 bits per heavy atom. The number of nitrogens with zero attached hydrogens (tertiary/aromatic N) is 1. The molecule has 6 nitrogen and oxygen atoms in total. The van der Waals surface area contributed by atoms with Crippen LogP contribution in [-0.4, -0.2) is 42.5 Å². The zero-order valence-electron chi connectivity index (χ0n) is 12.5. The number of nitrogens with two attached hydrogens (primary N) is 1. The largest absolute Gasteiger partial charge is 0.496 e. The number of nitrogens with one attached hydrogen (secondary N) is 1. The maximum Gasteiger partial charge on any atom is 0.243 e. The number of methoxy groups -OCH3 is 1. The highest BCUT2D eigenvalue weighted by Crippen LogP contribution is 2.33. The van der Waals surface area contributed by atoms with Gasteiger partial charge in [0.2, 0.25) is 11.8 Å². The average Bonchev–Trinajstić information content (AvgIpc) is 2.44. The fourth-order valence-corrected chi connectivity index (χ4v) is 2.75. The van der Waals surface area contributed by atoms with Crippen LogP contribution in [0.15, 0.2) is 24.3 Å². The van der Waals surface area contributed by atoms with Crippen LogP contribution < -0.4 is 15.8 Å². The van der Waals surface area contributed by atoms with Crippen LogP contribution in [0.1, 0.15) is 25.5 Å². The molecule has 0 saturated carbocycles. The maximum atomic E-state index is 11.9. The monoisotopic (exact) mass is 291 g/mol. The lowest BCUT2D eigenvalue weighted by Crippen LogP contribution is -2.59. The molecule has 3 N–H and O–H groups in total. The lowest BCUT2D eigenvalue weighted by Gasteiger charge is -2.40. The molecule has 114 valence electrons. The van der Waals surface area contributed by atoms with Crippen molar-refractivity contribution in [1.29, 1.82) is 0 Å². The summed E-state index contributed by atoms with van der Waals surface area (Å²) >= 11 is 0. The predicted molar refractivity (Wildman–Crippen MR) is 78.7 cm³/mol. The van der Waals surface area contributed by atoms with Gasteiger partial charge in [0.25, 0.3) is 0 Å². The number of imide groups is 1. The molecular formula is C15H21N3O3. The van der Waals surface area contributed by atoms with E-state index >= 15 is 0 Å². The minimum atomic E-state index is -0.427. The van der Waals surface area contributed by atoms with Gasteiger partial charge in [-0.1, -0.05) is 18.2 Å². The summed E-state index contributed by atoms with van der Waals surface area (Å²) in [6.45, 7) is 3.77. The lowest BCUT2D eigenvalue weighted by atomic mass is 9.95. The van der Waals surface area contributed by atoms with Crippen molar-refractivity contribution in [2.45, 2.75) is 32.0 Å². The van der Waals surface area contributed by atoms with Gasteiger partial charge in [-0.05, 0) is 19.9 Å². The number of carbonyl (C=O) groups excluding carboxylic acids is 2. The minimum absolute atomic E-state index is 0.136. The summed E-state index contributed by atoms with van der Waals surface area (Å²) in [5.74, 6) is 0.0934. The van der Waals surface area contributed by atoms with E-state index < -0.39 is 6.04 Å². The molecule has 6 heteroatoms. The van der Waals surface area contributed by atoms with Gasteiger partial charge in [0.05, 0.1) is 25.7 Å². The van der Waals surface area contributed by atoms with Gasteiger partial charge < -0.3 is 10.5 Å². The van der Waals surface area contributed by atoms with Crippen LogP contribution in [0.2, 0.25) is 0 Å². The van der Waals surface area contributed by atoms with E-state index in [-0.39, 0.29) is 30.4 Å². The molecule has 1 aliphatic rings. The topological polar surface area (TPSA) is 84.7 Å². The van der Waals surface area contributed by atoms with Crippen molar-refractivity contribution >= 4 is 11.8 Å². The molecule has 0 aromatic heterocycles. The molecule has 0 spiro atoms. The molecule has 2 amide bonds. The summed E-state index contributed by atoms with van der Waals surface area (Å²) in [6, 6.07) is 6.57. The number of amides is 2. The molecular weight excluding hydrogens is 270 g/mol. The smallest absolute Gasteiger partial charge is 0.243 e. The van der Waals surface area contributed by atoms with Crippen molar-refractivity contribution in [1.82, 2.24) is 10.2 Å². The summed E-state index contributed by atoms with van der Waals surface area (Å²) in [6.07, 6.45) is 0. The molecule has 0 aliphatic carbocycles. The fourth-order valence-electron chi connectivity index (χ4n) is 2.75. The van der Waals surface area contributed by atoms with Gasteiger partial charge >= 0.3 is 0 Å². The minimum Gasteiger partial charge on any atom is -0.496 e. The van der Waals surface area contributed by atoms with E-state index in [4.69, 9.17) is 10.5 Å². The van der Waals surface area contributed by atoms with Gasteiger partial charge in [-0.25, -0.2) is 0 Å². The Hall–Kier alpha value is -1.92. The molecule has 1 heterocycles. The summed E-state index contributed by atoms with van der Waals surface area (Å²) in [7, 11) is 1.59. The quantitative estimate of drug-likeness (QED) is 0.786. The number of piperazine rings is 1. The molecule has 1 aromatic carbocycles. The number of benzene rings is 1. The standard InChI is InChI=1S/C15H21N3O3/c1-9(16)14(11-6-4-5-7-12(11)21-3)18-8-13(19)17-15(20)10(18)2/h4-7,9-10,14H,8,16H2,1-3H3,(H,17,19,20). The van der Waals surface area contributed by atoms with Crippen LogP contribution in [0, 0.1) is 0 Å². The Balaban J connectivity index is 2.43. The second kappa shape index (κ2) is 6.24. The zero-order chi connectivity index (χ0) is 15.6. The first-order chi connectivity index (χ1) is 9.95. The second-order valence-corrected chi connectivity index (χ2v) is 5.31. The number of rotatable bonds is 4. The zero-order valence-corrected chi connectivity index (χ0v) is 12.5. The molecule has 2 rings (SSSR count). The predicted octanol–water partition coefficient (Wildman–Crippen LogP) is 0.430. The third-order valence-electron chi connectivity index (χ3n) is 3.78. The van der Waals surface area contributed by atoms with E-state index in [2.05, 4.69) is 5.32 Å². The molecule has 0 bridgehead atoms. The van der Waals surface area contributed by atoms with Crippen LogP contribution in [0.5, 0.6) is 5.75 Å². The highest BCUT2D eigenvalue weighted by Gasteiger charge is 2.38. The highest BCUT2D eigenvalue weighted by atomic mass is 16.5. The summed E-state index contributed by atoms with van der Waals surface area (Å²) in [5.41, 5.74) is 7.02. The Labute approximate surface area is 124 Å². The van der Waals surface area contributed by atoms with E-state index in [9.17, 15) is 9.59 Å². The van der Waals surface area contributed by atoms with Crippen molar-refractivity contribution in [2.75, 3.05) is 13.7 Å². The van der Waals surface area contributed by atoms with Gasteiger partial charge in [0.15, 0.2) is 0 Å². The Morgan fingerprint density at radius 3 is 2.67 bits per heavy atom. The lowest BCUT2D eigenvalue weighted by molar-refractivity contribution is -0.141. The molecule has 0 radical (unpaired) electrons. The number of hydrogen-bond acceptors (Lipinski definition) is 5. The number of para-hydroxylation sites is 1. The Kier molecular flexibility index (Phi) is 4.59. The van der Waals surface area contributed by atoms with Crippen LogP contribution in [0.3, 0.4) is 0 Å². The third kappa shape index (κ3) is 3.06. The van der Waals surface area contributed by atoms with E-state index in [0.29, 0.717) is 5.75 Å². The fraction of sp³-hybridized carbons (Fsp3) is 0.467. The average molecular weight is 291 g/mol. The first kappa shape index (κ1) is 15.5. The van der Waals surface area contributed by atoms with Crippen LogP contribution in [-0.2, 0) is 9.59 Å². The molecule has 1 aliphatic heterocycles. The SMILES string of the molecule is COc1ccccc1C(C(C)N)N1CC(=O)NC(=O)C1C. The molecule has 3 unspecified atom stereocenters. The van der Waals surface area contributed by atoms with Crippen molar-refractivity contribution in [3.05, 3.63) is 29.8 Å². The molecule has 1 fully saturated rings. The van der Waals surface area contributed by atoms with E-state index in [1.807, 2.05) is 36.1 Å².